The third-order valence-corrected chi connectivity index (χ3v) is 3.24. The zero-order chi connectivity index (χ0) is 13.0. The van der Waals surface area contributed by atoms with E-state index in [2.05, 4.69) is 10.5 Å². The Labute approximate surface area is 109 Å². The number of hydrogen-bond donors (Lipinski definition) is 1. The van der Waals surface area contributed by atoms with E-state index in [4.69, 9.17) is 0 Å². The van der Waals surface area contributed by atoms with Gasteiger partial charge in [-0.25, -0.2) is 0 Å². The Bertz CT molecular complexity index is 471. The highest BCUT2D eigenvalue weighted by Gasteiger charge is 2.29. The molecule has 0 spiro atoms. The van der Waals surface area contributed by atoms with E-state index >= 15 is 0 Å². The number of hydrazone groups is 1. The summed E-state index contributed by atoms with van der Waals surface area (Å²) in [6, 6.07) is 9.49. The molecule has 0 bridgehead atoms. The molecule has 0 atom stereocenters. The molecule has 0 aliphatic carbocycles. The SMILES string of the molecule is C/C(CN1C(=O)CSC1=O)=N/Nc1ccccc1. The number of rotatable bonds is 4. The highest BCUT2D eigenvalue weighted by molar-refractivity contribution is 8.14. The van der Waals surface area contributed by atoms with Crippen LogP contribution in [-0.2, 0) is 4.79 Å². The van der Waals surface area contributed by atoms with Crippen molar-refractivity contribution in [2.24, 2.45) is 5.10 Å². The van der Waals surface area contributed by atoms with E-state index in [-0.39, 0.29) is 23.4 Å². The maximum atomic E-state index is 11.4. The van der Waals surface area contributed by atoms with Gasteiger partial charge < -0.3 is 0 Å². The molecule has 1 aromatic carbocycles. The van der Waals surface area contributed by atoms with Crippen molar-refractivity contribution in [2.75, 3.05) is 17.7 Å². The van der Waals surface area contributed by atoms with Crippen molar-refractivity contribution < 1.29 is 9.59 Å². The molecule has 1 aliphatic rings. The molecule has 0 unspecified atom stereocenters. The molecule has 5 nitrogen and oxygen atoms in total. The first kappa shape index (κ1) is 12.6. The van der Waals surface area contributed by atoms with E-state index in [0.29, 0.717) is 5.71 Å². The molecule has 0 radical (unpaired) electrons. The van der Waals surface area contributed by atoms with Crippen molar-refractivity contribution in [3.8, 4) is 0 Å². The molecule has 1 saturated heterocycles. The predicted molar refractivity (Wildman–Crippen MR) is 72.7 cm³/mol. The molecular formula is C12H13N3O2S. The number of anilines is 1. The van der Waals surface area contributed by atoms with Crippen LogP contribution < -0.4 is 5.43 Å². The second-order valence-electron chi connectivity index (χ2n) is 3.86. The van der Waals surface area contributed by atoms with Crippen LogP contribution in [0.15, 0.2) is 35.4 Å². The zero-order valence-corrected chi connectivity index (χ0v) is 10.7. The summed E-state index contributed by atoms with van der Waals surface area (Å²) in [5.74, 6) is 0.0809. The Hall–Kier alpha value is -1.82. The van der Waals surface area contributed by atoms with Crippen LogP contribution in [0, 0.1) is 0 Å². The number of hydrogen-bond acceptors (Lipinski definition) is 5. The summed E-state index contributed by atoms with van der Waals surface area (Å²) < 4.78 is 0. The van der Waals surface area contributed by atoms with Gasteiger partial charge in [0.05, 0.1) is 23.7 Å². The normalized spacial score (nSPS) is 16.3. The minimum atomic E-state index is -0.200. The average Bonchev–Trinajstić information content (AvgIpc) is 2.69. The standard InChI is InChI=1S/C12H13N3O2S/c1-9(7-15-11(16)8-18-12(15)17)13-14-10-5-3-2-4-6-10/h2-6,14H,7-8H2,1H3/b13-9-. The molecule has 18 heavy (non-hydrogen) atoms. The lowest BCUT2D eigenvalue weighted by molar-refractivity contribution is -0.124. The first-order valence-corrected chi connectivity index (χ1v) is 6.47. The van der Waals surface area contributed by atoms with Gasteiger partial charge in [-0.2, -0.15) is 5.10 Å². The van der Waals surface area contributed by atoms with Crippen molar-refractivity contribution in [1.29, 1.82) is 0 Å². The van der Waals surface area contributed by atoms with Gasteiger partial charge in [-0.15, -0.1) is 0 Å². The van der Waals surface area contributed by atoms with Crippen molar-refractivity contribution in [2.45, 2.75) is 6.92 Å². The number of amides is 2. The van der Waals surface area contributed by atoms with Gasteiger partial charge in [0, 0.05) is 0 Å². The van der Waals surface area contributed by atoms with Gasteiger partial charge in [-0.1, -0.05) is 30.0 Å². The number of thioether (sulfide) groups is 1. The van der Waals surface area contributed by atoms with Crippen LogP contribution in [0.2, 0.25) is 0 Å². The molecule has 6 heteroatoms. The van der Waals surface area contributed by atoms with E-state index in [1.807, 2.05) is 30.3 Å². The van der Waals surface area contributed by atoms with E-state index in [1.54, 1.807) is 6.92 Å². The average molecular weight is 263 g/mol. The first-order valence-electron chi connectivity index (χ1n) is 5.48. The Kier molecular flexibility index (Phi) is 3.99. The van der Waals surface area contributed by atoms with Gasteiger partial charge in [0.1, 0.15) is 0 Å². The largest absolute Gasteiger partial charge is 0.289 e. The van der Waals surface area contributed by atoms with E-state index in [9.17, 15) is 9.59 Å². The fourth-order valence-corrected chi connectivity index (χ4v) is 2.20. The van der Waals surface area contributed by atoms with Crippen LogP contribution in [0.4, 0.5) is 10.5 Å². The van der Waals surface area contributed by atoms with Crippen LogP contribution in [0.25, 0.3) is 0 Å². The third-order valence-electron chi connectivity index (χ3n) is 2.38. The van der Waals surface area contributed by atoms with Gasteiger partial charge in [0.15, 0.2) is 0 Å². The maximum absolute atomic E-state index is 11.4. The number of benzene rings is 1. The highest BCUT2D eigenvalue weighted by Crippen LogP contribution is 2.18. The summed E-state index contributed by atoms with van der Waals surface area (Å²) in [6.07, 6.45) is 0. The Morgan fingerprint density at radius 3 is 2.72 bits per heavy atom. The lowest BCUT2D eigenvalue weighted by atomic mass is 10.3. The van der Waals surface area contributed by atoms with Crippen molar-refractivity contribution >= 4 is 34.3 Å². The lowest BCUT2D eigenvalue weighted by Crippen LogP contribution is -2.33. The number of nitrogens with zero attached hydrogens (tertiary/aromatic N) is 2. The minimum absolute atomic E-state index is 0.153. The fraction of sp³-hybridized carbons (Fsp3) is 0.250. The predicted octanol–water partition coefficient (Wildman–Crippen LogP) is 2.17. The van der Waals surface area contributed by atoms with Crippen LogP contribution in [0.5, 0.6) is 0 Å². The number of carbonyl (C=O) groups excluding carboxylic acids is 2. The Morgan fingerprint density at radius 2 is 2.11 bits per heavy atom. The van der Waals surface area contributed by atoms with E-state index in [1.165, 1.54) is 4.90 Å². The molecule has 0 aromatic heterocycles. The zero-order valence-electron chi connectivity index (χ0n) is 9.92. The smallest absolute Gasteiger partial charge is 0.279 e. The molecule has 1 aromatic rings. The topological polar surface area (TPSA) is 61.8 Å². The first-order chi connectivity index (χ1) is 8.66. The molecule has 0 saturated carbocycles. The van der Waals surface area contributed by atoms with Crippen LogP contribution in [0.3, 0.4) is 0 Å². The summed E-state index contributed by atoms with van der Waals surface area (Å²) in [5, 5.41) is 3.94. The minimum Gasteiger partial charge on any atom is -0.279 e. The Balaban J connectivity index is 1.93. The summed E-state index contributed by atoms with van der Waals surface area (Å²) in [5.41, 5.74) is 4.43. The maximum Gasteiger partial charge on any atom is 0.289 e. The van der Waals surface area contributed by atoms with Gasteiger partial charge in [0.25, 0.3) is 5.24 Å². The van der Waals surface area contributed by atoms with Crippen molar-refractivity contribution in [1.82, 2.24) is 4.90 Å². The highest BCUT2D eigenvalue weighted by atomic mass is 32.2. The number of nitrogens with one attached hydrogen (secondary N) is 1. The molecule has 2 rings (SSSR count). The van der Waals surface area contributed by atoms with E-state index < -0.39 is 0 Å². The molecule has 1 fully saturated rings. The van der Waals surface area contributed by atoms with E-state index in [0.717, 1.165) is 17.4 Å². The summed E-state index contributed by atoms with van der Waals surface area (Å²) in [4.78, 5) is 24.0. The monoisotopic (exact) mass is 263 g/mol. The van der Waals surface area contributed by atoms with Crippen LogP contribution in [-0.4, -0.2) is 34.1 Å². The second kappa shape index (κ2) is 5.68. The van der Waals surface area contributed by atoms with Crippen molar-refractivity contribution in [3.05, 3.63) is 30.3 Å². The lowest BCUT2D eigenvalue weighted by Gasteiger charge is -2.12. The summed E-state index contributed by atoms with van der Waals surface area (Å²) in [6.45, 7) is 2.02. The van der Waals surface area contributed by atoms with Gasteiger partial charge in [-0.05, 0) is 19.1 Å². The number of para-hydroxylation sites is 1. The van der Waals surface area contributed by atoms with Crippen LogP contribution >= 0.6 is 11.8 Å². The molecular weight excluding hydrogens is 250 g/mol. The quantitative estimate of drug-likeness (QED) is 0.668. The molecule has 94 valence electrons. The van der Waals surface area contributed by atoms with Crippen LogP contribution in [0.1, 0.15) is 6.92 Å². The van der Waals surface area contributed by atoms with Gasteiger partial charge in [-0.3, -0.25) is 19.9 Å². The molecule has 1 heterocycles. The van der Waals surface area contributed by atoms with Gasteiger partial charge >= 0.3 is 0 Å². The number of imide groups is 1. The summed E-state index contributed by atoms with van der Waals surface area (Å²) >= 11 is 1.03. The third kappa shape index (κ3) is 3.10. The van der Waals surface area contributed by atoms with Gasteiger partial charge in [0.2, 0.25) is 5.91 Å². The summed E-state index contributed by atoms with van der Waals surface area (Å²) in [7, 11) is 0. The van der Waals surface area contributed by atoms with Crippen molar-refractivity contribution in [3.63, 3.8) is 0 Å². The Morgan fingerprint density at radius 1 is 1.39 bits per heavy atom. The second-order valence-corrected chi connectivity index (χ2v) is 4.79. The molecule has 2 amide bonds. The number of carbonyl (C=O) groups is 2. The molecule has 1 N–H and O–H groups in total. The fourth-order valence-electron chi connectivity index (χ4n) is 1.47. The molecule has 1 aliphatic heterocycles.